The van der Waals surface area contributed by atoms with Crippen molar-refractivity contribution < 1.29 is 4.79 Å². The molecule has 106 valence electrons. The van der Waals surface area contributed by atoms with Gasteiger partial charge in [-0.3, -0.25) is 9.36 Å². The van der Waals surface area contributed by atoms with Crippen LogP contribution in [0.5, 0.6) is 0 Å². The van der Waals surface area contributed by atoms with E-state index in [4.69, 9.17) is 0 Å². The van der Waals surface area contributed by atoms with Gasteiger partial charge in [-0.15, -0.1) is 0 Å². The van der Waals surface area contributed by atoms with E-state index in [1.165, 1.54) is 0 Å². The van der Waals surface area contributed by atoms with Gasteiger partial charge in [-0.25, -0.2) is 4.98 Å². The van der Waals surface area contributed by atoms with Crippen LogP contribution in [0.2, 0.25) is 0 Å². The largest absolute Gasteiger partial charge is 0.324 e. The number of rotatable bonds is 2. The minimum absolute atomic E-state index is 0.0762. The third kappa shape index (κ3) is 2.02. The maximum absolute atomic E-state index is 12.6. The lowest BCUT2D eigenvalue weighted by molar-refractivity contribution is 0.0964. The van der Waals surface area contributed by atoms with Gasteiger partial charge in [0.2, 0.25) is 0 Å². The fourth-order valence-electron chi connectivity index (χ4n) is 2.54. The maximum Gasteiger partial charge on any atom is 0.263 e. The number of benzene rings is 2. The highest BCUT2D eigenvalue weighted by Gasteiger charge is 2.12. The second kappa shape index (κ2) is 5.00. The molecule has 0 spiro atoms. The molecular formula is C18H13N3O. The highest BCUT2D eigenvalue weighted by molar-refractivity contribution is 6.01. The molecule has 0 saturated heterocycles. The molecular weight excluding hydrogens is 274 g/mol. The van der Waals surface area contributed by atoms with Crippen molar-refractivity contribution in [1.82, 2.24) is 14.1 Å². The lowest BCUT2D eigenvalue weighted by Gasteiger charge is -2.06. The van der Waals surface area contributed by atoms with E-state index in [9.17, 15) is 4.79 Å². The monoisotopic (exact) mass is 287 g/mol. The summed E-state index contributed by atoms with van der Waals surface area (Å²) in [6.07, 6.45) is 5.52. The summed E-state index contributed by atoms with van der Waals surface area (Å²) >= 11 is 0. The number of hydrogen-bond donors (Lipinski definition) is 0. The van der Waals surface area contributed by atoms with Crippen LogP contribution < -0.4 is 0 Å². The molecule has 0 bridgehead atoms. The molecule has 0 N–H and O–H groups in total. The van der Waals surface area contributed by atoms with Crippen LogP contribution in [0.25, 0.3) is 16.7 Å². The lowest BCUT2D eigenvalue weighted by Crippen LogP contribution is -2.10. The van der Waals surface area contributed by atoms with Crippen molar-refractivity contribution in [2.45, 2.75) is 0 Å². The Hall–Kier alpha value is -3.14. The summed E-state index contributed by atoms with van der Waals surface area (Å²) in [5.41, 5.74) is 3.30. The SMILES string of the molecule is O=C(c1ccc(-n2cccc2)cc1)n1cnc2ccccc21. The van der Waals surface area contributed by atoms with Crippen LogP contribution in [0, 0.1) is 0 Å². The molecule has 4 heteroatoms. The summed E-state index contributed by atoms with van der Waals surface area (Å²) in [7, 11) is 0. The van der Waals surface area contributed by atoms with Gasteiger partial charge < -0.3 is 4.57 Å². The van der Waals surface area contributed by atoms with Gasteiger partial charge in [0.1, 0.15) is 6.33 Å². The summed E-state index contributed by atoms with van der Waals surface area (Å²) < 4.78 is 3.58. The molecule has 0 atom stereocenters. The first-order valence-corrected chi connectivity index (χ1v) is 7.03. The normalized spacial score (nSPS) is 10.9. The molecule has 2 aromatic heterocycles. The number of fused-ring (bicyclic) bond motifs is 1. The maximum atomic E-state index is 12.6. The standard InChI is InChI=1S/C18H13N3O/c22-18(21-13-19-16-5-1-2-6-17(16)21)14-7-9-15(10-8-14)20-11-3-4-12-20/h1-13H. The Kier molecular flexibility index (Phi) is 2.86. The van der Waals surface area contributed by atoms with Gasteiger partial charge in [-0.05, 0) is 48.5 Å². The first kappa shape index (κ1) is 12.6. The third-order valence-electron chi connectivity index (χ3n) is 3.69. The molecule has 0 aliphatic rings. The minimum Gasteiger partial charge on any atom is -0.324 e. The minimum atomic E-state index is -0.0762. The number of hydrogen-bond acceptors (Lipinski definition) is 2. The van der Waals surface area contributed by atoms with Crippen LogP contribution in [-0.4, -0.2) is 20.0 Å². The first-order valence-electron chi connectivity index (χ1n) is 7.03. The number of aromatic nitrogens is 3. The van der Waals surface area contributed by atoms with E-state index in [0.29, 0.717) is 5.56 Å². The van der Waals surface area contributed by atoms with Crippen molar-refractivity contribution in [3.05, 3.63) is 84.9 Å². The quantitative estimate of drug-likeness (QED) is 0.566. The van der Waals surface area contributed by atoms with Gasteiger partial charge in [0.25, 0.3) is 5.91 Å². The molecule has 0 unspecified atom stereocenters. The topological polar surface area (TPSA) is 39.8 Å². The Morgan fingerprint density at radius 3 is 2.36 bits per heavy atom. The van der Waals surface area contributed by atoms with E-state index in [0.717, 1.165) is 16.7 Å². The van der Waals surface area contributed by atoms with Gasteiger partial charge in [-0.2, -0.15) is 0 Å². The van der Waals surface area contributed by atoms with Crippen molar-refractivity contribution in [2.75, 3.05) is 0 Å². The van der Waals surface area contributed by atoms with Crippen LogP contribution in [0.3, 0.4) is 0 Å². The number of carbonyl (C=O) groups is 1. The fourth-order valence-corrected chi connectivity index (χ4v) is 2.54. The molecule has 0 amide bonds. The number of nitrogens with zero attached hydrogens (tertiary/aromatic N) is 3. The van der Waals surface area contributed by atoms with Gasteiger partial charge in [0.05, 0.1) is 11.0 Å². The Bertz CT molecular complexity index is 934. The Morgan fingerprint density at radius 1 is 0.864 bits per heavy atom. The molecule has 22 heavy (non-hydrogen) atoms. The molecule has 4 nitrogen and oxygen atoms in total. The lowest BCUT2D eigenvalue weighted by atomic mass is 10.2. The van der Waals surface area contributed by atoms with Gasteiger partial charge in [0, 0.05) is 23.6 Å². The number of para-hydroxylation sites is 2. The number of imidazole rings is 1. The molecule has 0 radical (unpaired) electrons. The molecule has 0 aliphatic heterocycles. The summed E-state index contributed by atoms with van der Waals surface area (Å²) in [5.74, 6) is -0.0762. The molecule has 0 aliphatic carbocycles. The Labute approximate surface area is 127 Å². The summed E-state index contributed by atoms with van der Waals surface area (Å²) in [4.78, 5) is 16.9. The zero-order chi connectivity index (χ0) is 14.9. The molecule has 0 fully saturated rings. The summed E-state index contributed by atoms with van der Waals surface area (Å²) in [6.45, 7) is 0. The fraction of sp³-hybridized carbons (Fsp3) is 0. The predicted octanol–water partition coefficient (Wildman–Crippen LogP) is 3.52. The van der Waals surface area contributed by atoms with Crippen molar-refractivity contribution in [3.8, 4) is 5.69 Å². The zero-order valence-corrected chi connectivity index (χ0v) is 11.8. The smallest absolute Gasteiger partial charge is 0.263 e. The summed E-state index contributed by atoms with van der Waals surface area (Å²) in [5, 5.41) is 0. The molecule has 4 aromatic rings. The molecule has 2 heterocycles. The zero-order valence-electron chi connectivity index (χ0n) is 11.8. The average molecular weight is 287 g/mol. The predicted molar refractivity (Wildman–Crippen MR) is 85.2 cm³/mol. The average Bonchev–Trinajstić information content (AvgIpc) is 3.24. The van der Waals surface area contributed by atoms with E-state index >= 15 is 0 Å². The van der Waals surface area contributed by atoms with Crippen LogP contribution in [-0.2, 0) is 0 Å². The molecule has 4 rings (SSSR count). The number of carbonyl (C=O) groups excluding carboxylic acids is 1. The van der Waals surface area contributed by atoms with E-state index in [2.05, 4.69) is 4.98 Å². The second-order valence-electron chi connectivity index (χ2n) is 5.05. The highest BCUT2D eigenvalue weighted by atomic mass is 16.2. The van der Waals surface area contributed by atoms with Crippen LogP contribution in [0.15, 0.2) is 79.4 Å². The van der Waals surface area contributed by atoms with Crippen molar-refractivity contribution in [1.29, 1.82) is 0 Å². The van der Waals surface area contributed by atoms with Crippen LogP contribution in [0.1, 0.15) is 10.4 Å². The molecule has 0 saturated carbocycles. The first-order chi connectivity index (χ1) is 10.8. The van der Waals surface area contributed by atoms with Crippen LogP contribution >= 0.6 is 0 Å². The van der Waals surface area contributed by atoms with Crippen LogP contribution in [0.4, 0.5) is 0 Å². The summed E-state index contributed by atoms with van der Waals surface area (Å²) in [6, 6.07) is 19.1. The Morgan fingerprint density at radius 2 is 1.59 bits per heavy atom. The second-order valence-corrected chi connectivity index (χ2v) is 5.05. The van der Waals surface area contributed by atoms with Crippen molar-refractivity contribution >= 4 is 16.9 Å². The Balaban J connectivity index is 1.71. The van der Waals surface area contributed by atoms with Gasteiger partial charge in [0.15, 0.2) is 0 Å². The van der Waals surface area contributed by atoms with E-state index in [1.54, 1.807) is 10.9 Å². The van der Waals surface area contributed by atoms with E-state index in [1.807, 2.05) is 77.6 Å². The van der Waals surface area contributed by atoms with Crippen molar-refractivity contribution in [2.24, 2.45) is 0 Å². The van der Waals surface area contributed by atoms with E-state index < -0.39 is 0 Å². The van der Waals surface area contributed by atoms with E-state index in [-0.39, 0.29) is 5.91 Å². The third-order valence-corrected chi connectivity index (χ3v) is 3.69. The molecule has 2 aromatic carbocycles. The van der Waals surface area contributed by atoms with Gasteiger partial charge >= 0.3 is 0 Å². The van der Waals surface area contributed by atoms with Gasteiger partial charge in [-0.1, -0.05) is 12.1 Å². The van der Waals surface area contributed by atoms with Crippen molar-refractivity contribution in [3.63, 3.8) is 0 Å². The highest BCUT2D eigenvalue weighted by Crippen LogP contribution is 2.16.